The number of thioether (sulfide) groups is 1. The minimum atomic E-state index is -4.45. The third kappa shape index (κ3) is 3.34. The number of hydrogen-bond donors (Lipinski definition) is 2. The van der Waals surface area contributed by atoms with Crippen molar-refractivity contribution in [1.29, 1.82) is 0 Å². The zero-order valence-corrected chi connectivity index (χ0v) is 13.8. The number of halogens is 3. The second-order valence-corrected chi connectivity index (χ2v) is 6.62. The Morgan fingerprint density at radius 3 is 2.35 bits per heavy atom. The van der Waals surface area contributed by atoms with E-state index in [-0.39, 0.29) is 22.9 Å². The zero-order chi connectivity index (χ0) is 19.1. The number of carbonyl (C=O) groups is 2. The highest BCUT2D eigenvalue weighted by Crippen LogP contribution is 2.43. The molecule has 1 aliphatic heterocycles. The number of carbonyl (C=O) groups excluding carboxylic acids is 1. The lowest BCUT2D eigenvalue weighted by molar-refractivity contribution is -0.137. The summed E-state index contributed by atoms with van der Waals surface area (Å²) < 4.78 is 38.1. The normalized spacial score (nSPS) is 17.6. The van der Waals surface area contributed by atoms with Crippen LogP contribution in [0.3, 0.4) is 0 Å². The molecule has 9 heteroatoms. The summed E-state index contributed by atoms with van der Waals surface area (Å²) in [5.41, 5.74) is -0.326. The van der Waals surface area contributed by atoms with Crippen LogP contribution in [0.2, 0.25) is 0 Å². The summed E-state index contributed by atoms with van der Waals surface area (Å²) in [6.07, 6.45) is -4.45. The number of hydrogen-bond acceptors (Lipinski definition) is 4. The topological polar surface area (TPSA) is 77.8 Å². The molecule has 5 nitrogen and oxygen atoms in total. The summed E-state index contributed by atoms with van der Waals surface area (Å²) in [7, 11) is 0. The third-order valence-corrected chi connectivity index (χ3v) is 5.09. The van der Waals surface area contributed by atoms with Crippen LogP contribution in [0.4, 0.5) is 18.9 Å². The Balaban J connectivity index is 1.94. The Labute approximate surface area is 150 Å². The summed E-state index contributed by atoms with van der Waals surface area (Å²) >= 11 is 1.23. The molecule has 26 heavy (non-hydrogen) atoms. The predicted molar refractivity (Wildman–Crippen MR) is 89.2 cm³/mol. The van der Waals surface area contributed by atoms with Gasteiger partial charge in [-0.25, -0.2) is 4.79 Å². The minimum Gasteiger partial charge on any atom is -0.507 e. The first kappa shape index (κ1) is 18.1. The van der Waals surface area contributed by atoms with Gasteiger partial charge in [0.15, 0.2) is 0 Å². The van der Waals surface area contributed by atoms with Crippen molar-refractivity contribution in [3.8, 4) is 5.75 Å². The van der Waals surface area contributed by atoms with Gasteiger partial charge >= 0.3 is 12.1 Å². The Bertz CT molecular complexity index is 867. The number of alkyl halides is 3. The van der Waals surface area contributed by atoms with Crippen molar-refractivity contribution < 1.29 is 33.0 Å². The molecule has 1 aliphatic rings. The fourth-order valence-electron chi connectivity index (χ4n) is 2.64. The average Bonchev–Trinajstić information content (AvgIpc) is 2.95. The van der Waals surface area contributed by atoms with E-state index < -0.39 is 28.8 Å². The third-order valence-electron chi connectivity index (χ3n) is 3.88. The number of anilines is 1. The smallest absolute Gasteiger partial charge is 0.416 e. The van der Waals surface area contributed by atoms with Gasteiger partial charge < -0.3 is 10.2 Å². The van der Waals surface area contributed by atoms with E-state index in [1.807, 2.05) is 0 Å². The number of carboxylic acid groups (broad SMARTS) is 1. The molecule has 136 valence electrons. The molecule has 0 aromatic heterocycles. The van der Waals surface area contributed by atoms with Crippen molar-refractivity contribution in [2.75, 3.05) is 10.7 Å². The van der Waals surface area contributed by atoms with Crippen molar-refractivity contribution in [2.45, 2.75) is 11.6 Å². The first-order valence-corrected chi connectivity index (χ1v) is 8.40. The van der Waals surface area contributed by atoms with Crippen LogP contribution in [0.5, 0.6) is 5.75 Å². The number of amides is 1. The zero-order valence-electron chi connectivity index (χ0n) is 13.0. The van der Waals surface area contributed by atoms with Crippen molar-refractivity contribution in [2.24, 2.45) is 0 Å². The number of benzene rings is 2. The standard InChI is InChI=1S/C17H12F3NO4S/c18-17(19,20)10-3-1-9(2-4-10)15-21(14(23)8-26-15)11-5-6-12(16(24)25)13(22)7-11/h1-7,15,22H,8H2,(H,24,25)/t15-/m0/s1. The van der Waals surface area contributed by atoms with Gasteiger partial charge in [-0.2, -0.15) is 13.2 Å². The van der Waals surface area contributed by atoms with Gasteiger partial charge in [-0.05, 0) is 29.8 Å². The van der Waals surface area contributed by atoms with Gasteiger partial charge in [-0.3, -0.25) is 9.69 Å². The van der Waals surface area contributed by atoms with Crippen molar-refractivity contribution in [3.63, 3.8) is 0 Å². The van der Waals surface area contributed by atoms with E-state index in [9.17, 15) is 27.9 Å². The summed E-state index contributed by atoms with van der Waals surface area (Å²) in [6, 6.07) is 8.21. The molecule has 3 rings (SSSR count). The molecule has 0 spiro atoms. The van der Waals surface area contributed by atoms with Crippen LogP contribution in [0, 0.1) is 0 Å². The van der Waals surface area contributed by atoms with Gasteiger partial charge in [0.25, 0.3) is 0 Å². The number of rotatable bonds is 3. The summed E-state index contributed by atoms with van der Waals surface area (Å²) in [4.78, 5) is 24.6. The lowest BCUT2D eigenvalue weighted by Gasteiger charge is -2.25. The van der Waals surface area contributed by atoms with E-state index >= 15 is 0 Å². The molecule has 0 aliphatic carbocycles. The maximum absolute atomic E-state index is 12.7. The van der Waals surface area contributed by atoms with Crippen LogP contribution in [0.25, 0.3) is 0 Å². The molecular formula is C17H12F3NO4S. The summed E-state index contributed by atoms with van der Waals surface area (Å²) in [5.74, 6) is -1.98. The lowest BCUT2D eigenvalue weighted by atomic mass is 10.1. The van der Waals surface area contributed by atoms with E-state index in [0.717, 1.165) is 18.2 Å². The molecule has 1 amide bonds. The largest absolute Gasteiger partial charge is 0.507 e. The molecule has 1 saturated heterocycles. The maximum Gasteiger partial charge on any atom is 0.416 e. The average molecular weight is 383 g/mol. The van der Waals surface area contributed by atoms with Gasteiger partial charge in [0.1, 0.15) is 16.7 Å². The molecule has 1 fully saturated rings. The highest BCUT2D eigenvalue weighted by atomic mass is 32.2. The molecule has 0 saturated carbocycles. The second-order valence-electron chi connectivity index (χ2n) is 5.55. The first-order chi connectivity index (χ1) is 12.2. The molecule has 2 aromatic carbocycles. The minimum absolute atomic E-state index is 0.118. The monoisotopic (exact) mass is 383 g/mol. The maximum atomic E-state index is 12.7. The molecule has 2 N–H and O–H groups in total. The molecule has 0 bridgehead atoms. The SMILES string of the molecule is O=C(O)c1ccc(N2C(=O)CS[C@H]2c2ccc(C(F)(F)F)cc2)cc1O. The molecule has 2 aromatic rings. The van der Waals surface area contributed by atoms with E-state index in [1.165, 1.54) is 40.9 Å². The van der Waals surface area contributed by atoms with Gasteiger partial charge in [0.2, 0.25) is 5.91 Å². The molecule has 1 atom stereocenters. The van der Waals surface area contributed by atoms with Crippen molar-refractivity contribution in [1.82, 2.24) is 0 Å². The quantitative estimate of drug-likeness (QED) is 0.841. The Morgan fingerprint density at radius 2 is 1.81 bits per heavy atom. The highest BCUT2D eigenvalue weighted by Gasteiger charge is 2.36. The van der Waals surface area contributed by atoms with Gasteiger partial charge in [0, 0.05) is 11.8 Å². The van der Waals surface area contributed by atoms with Crippen LogP contribution < -0.4 is 4.90 Å². The van der Waals surface area contributed by atoms with E-state index in [1.54, 1.807) is 0 Å². The van der Waals surface area contributed by atoms with Gasteiger partial charge in [0.05, 0.1) is 11.3 Å². The van der Waals surface area contributed by atoms with Crippen LogP contribution in [-0.4, -0.2) is 27.8 Å². The predicted octanol–water partition coefficient (Wildman–Crippen LogP) is 3.89. The fraction of sp³-hybridized carbons (Fsp3) is 0.176. The van der Waals surface area contributed by atoms with E-state index in [2.05, 4.69) is 0 Å². The van der Waals surface area contributed by atoms with Crippen LogP contribution in [-0.2, 0) is 11.0 Å². The van der Waals surface area contributed by atoms with Crippen LogP contribution >= 0.6 is 11.8 Å². The number of nitrogens with zero attached hydrogens (tertiary/aromatic N) is 1. The van der Waals surface area contributed by atoms with E-state index in [0.29, 0.717) is 5.56 Å². The second kappa shape index (κ2) is 6.56. The number of phenols is 1. The molecular weight excluding hydrogens is 371 g/mol. The summed E-state index contributed by atoms with van der Waals surface area (Å²) in [6.45, 7) is 0. The van der Waals surface area contributed by atoms with Gasteiger partial charge in [-0.1, -0.05) is 12.1 Å². The Morgan fingerprint density at radius 1 is 1.15 bits per heavy atom. The molecule has 0 unspecified atom stereocenters. The van der Waals surface area contributed by atoms with Crippen LogP contribution in [0.1, 0.15) is 26.9 Å². The van der Waals surface area contributed by atoms with Gasteiger partial charge in [-0.15, -0.1) is 11.8 Å². The highest BCUT2D eigenvalue weighted by molar-refractivity contribution is 8.00. The Hall–Kier alpha value is -2.68. The lowest BCUT2D eigenvalue weighted by Crippen LogP contribution is -2.27. The molecule has 1 heterocycles. The first-order valence-electron chi connectivity index (χ1n) is 7.35. The number of aromatic hydroxyl groups is 1. The Kier molecular flexibility index (Phi) is 4.57. The van der Waals surface area contributed by atoms with Crippen LogP contribution in [0.15, 0.2) is 42.5 Å². The van der Waals surface area contributed by atoms with Crippen molar-refractivity contribution >= 4 is 29.3 Å². The number of carboxylic acids is 1. The van der Waals surface area contributed by atoms with E-state index in [4.69, 9.17) is 5.11 Å². The fourth-order valence-corrected chi connectivity index (χ4v) is 3.81. The summed E-state index contributed by atoms with van der Waals surface area (Å²) in [5, 5.41) is 18.2. The van der Waals surface area contributed by atoms with Crippen molar-refractivity contribution in [3.05, 3.63) is 59.2 Å². The number of aromatic carboxylic acids is 1. The molecule has 0 radical (unpaired) electrons.